The van der Waals surface area contributed by atoms with Gasteiger partial charge in [0.05, 0.1) is 19.9 Å². The number of rotatable bonds is 6. The first-order valence-electron chi connectivity index (χ1n) is 11.9. The van der Waals surface area contributed by atoms with Gasteiger partial charge in [0.2, 0.25) is 0 Å². The second-order valence-corrected chi connectivity index (χ2v) is 9.42. The molecule has 2 fully saturated rings. The van der Waals surface area contributed by atoms with Gasteiger partial charge in [0.25, 0.3) is 6.43 Å². The van der Waals surface area contributed by atoms with Gasteiger partial charge in [-0.1, -0.05) is 43.6 Å². The van der Waals surface area contributed by atoms with Crippen LogP contribution in [-0.2, 0) is 0 Å². The van der Waals surface area contributed by atoms with Crippen molar-refractivity contribution >= 4 is 17.4 Å². The quantitative estimate of drug-likeness (QED) is 0.425. The SMILES string of the molecule is CC.COc1cnc(C(F)F)cc1-c1cc(C#CCN(C)C)ccc1[N-]C1NNC(C#CC2CC2)S1.[K+]. The van der Waals surface area contributed by atoms with Gasteiger partial charge < -0.3 is 10.1 Å². The van der Waals surface area contributed by atoms with Gasteiger partial charge in [0.15, 0.2) is 0 Å². The fourth-order valence-corrected chi connectivity index (χ4v) is 4.06. The van der Waals surface area contributed by atoms with Crippen molar-refractivity contribution in [1.82, 2.24) is 20.7 Å². The van der Waals surface area contributed by atoms with Crippen molar-refractivity contribution in [2.24, 2.45) is 5.92 Å². The third kappa shape index (κ3) is 9.81. The fourth-order valence-electron chi connectivity index (χ4n) is 3.22. The molecule has 0 radical (unpaired) electrons. The van der Waals surface area contributed by atoms with E-state index in [0.717, 1.165) is 5.56 Å². The van der Waals surface area contributed by atoms with Crippen LogP contribution >= 0.6 is 11.8 Å². The minimum Gasteiger partial charge on any atom is -0.660 e. The summed E-state index contributed by atoms with van der Waals surface area (Å²) in [5.74, 6) is 13.6. The first-order chi connectivity index (χ1) is 17.4. The first-order valence-corrected chi connectivity index (χ1v) is 12.9. The van der Waals surface area contributed by atoms with Crippen molar-refractivity contribution in [3.8, 4) is 40.6 Å². The second kappa shape index (κ2) is 16.0. The Morgan fingerprint density at radius 3 is 2.57 bits per heavy atom. The monoisotopic (exact) mass is 551 g/mol. The number of alkyl halides is 2. The summed E-state index contributed by atoms with van der Waals surface area (Å²) in [4.78, 5) is 5.80. The summed E-state index contributed by atoms with van der Waals surface area (Å²) >= 11 is 1.56. The molecule has 2 aromatic rings. The van der Waals surface area contributed by atoms with Crippen LogP contribution in [-0.4, -0.2) is 48.5 Å². The van der Waals surface area contributed by atoms with E-state index in [9.17, 15) is 8.78 Å². The number of nitrogens with one attached hydrogen (secondary N) is 2. The third-order valence-electron chi connectivity index (χ3n) is 5.10. The van der Waals surface area contributed by atoms with Crippen molar-refractivity contribution in [1.29, 1.82) is 0 Å². The van der Waals surface area contributed by atoms with Gasteiger partial charge in [-0.15, -0.1) is 17.4 Å². The minimum atomic E-state index is -2.70. The molecule has 1 aliphatic heterocycles. The molecule has 2 N–H and O–H groups in total. The van der Waals surface area contributed by atoms with Crippen LogP contribution in [0.1, 0.15) is 44.4 Å². The Kier molecular flexibility index (Phi) is 13.9. The van der Waals surface area contributed by atoms with Crippen LogP contribution in [0.2, 0.25) is 0 Å². The predicted molar refractivity (Wildman–Crippen MR) is 143 cm³/mol. The smallest absolute Gasteiger partial charge is 0.660 e. The molecule has 2 atom stereocenters. The van der Waals surface area contributed by atoms with E-state index in [0.29, 0.717) is 35.0 Å². The van der Waals surface area contributed by atoms with Gasteiger partial charge in [-0.3, -0.25) is 15.3 Å². The van der Waals surface area contributed by atoms with E-state index in [1.165, 1.54) is 32.2 Å². The molecule has 2 heterocycles. The van der Waals surface area contributed by atoms with E-state index in [2.05, 4.69) is 39.5 Å². The topological polar surface area (TPSA) is 63.5 Å². The maximum Gasteiger partial charge on any atom is 1.00 e. The molecule has 1 aromatic carbocycles. The van der Waals surface area contributed by atoms with Crippen molar-refractivity contribution in [3.05, 3.63) is 47.0 Å². The number of hydrazine groups is 1. The van der Waals surface area contributed by atoms with Crippen molar-refractivity contribution < 1.29 is 64.9 Å². The summed E-state index contributed by atoms with van der Waals surface area (Å²) in [7, 11) is 5.37. The number of nitrogens with zero attached hydrogens (tertiary/aromatic N) is 3. The molecule has 4 rings (SSSR count). The zero-order valence-electron chi connectivity index (χ0n) is 22.2. The van der Waals surface area contributed by atoms with Gasteiger partial charge >= 0.3 is 51.4 Å². The van der Waals surface area contributed by atoms with E-state index >= 15 is 0 Å². The Morgan fingerprint density at radius 1 is 1.16 bits per heavy atom. The Morgan fingerprint density at radius 2 is 1.92 bits per heavy atom. The van der Waals surface area contributed by atoms with E-state index in [1.54, 1.807) is 11.8 Å². The number of hydrogen-bond acceptors (Lipinski definition) is 6. The average Bonchev–Trinajstić information content (AvgIpc) is 3.61. The molecular weight excluding hydrogens is 519 g/mol. The Labute approximate surface area is 265 Å². The van der Waals surface area contributed by atoms with Crippen molar-refractivity contribution in [2.75, 3.05) is 27.7 Å². The number of pyridine rings is 1. The van der Waals surface area contributed by atoms with Crippen LogP contribution in [0.25, 0.3) is 16.4 Å². The van der Waals surface area contributed by atoms with Crippen LogP contribution < -0.4 is 67.0 Å². The summed E-state index contributed by atoms with van der Waals surface area (Å²) in [5.41, 5.74) is 8.21. The molecule has 1 saturated carbocycles. The molecule has 0 bridgehead atoms. The minimum absolute atomic E-state index is 0. The zero-order valence-corrected chi connectivity index (χ0v) is 26.2. The molecule has 1 aromatic heterocycles. The molecule has 2 unspecified atom stereocenters. The van der Waals surface area contributed by atoms with Crippen LogP contribution in [0, 0.1) is 29.6 Å². The third-order valence-corrected chi connectivity index (χ3v) is 6.09. The molecule has 37 heavy (non-hydrogen) atoms. The van der Waals surface area contributed by atoms with Gasteiger partial charge in [0, 0.05) is 17.0 Å². The standard InChI is InChI=1S/C25H26F2N5OS.C2H6.K/c1-32(2)12-4-5-17-8-10-20(29-25-31-30-23(34-25)11-9-16-6-7-16)18(13-17)19-14-21(24(26)27)28-15-22(19)33-3;1-2;/h8,10,13-16,23-25,30-31H,6-7,12H2,1-3H3;1-2H3;/q-1;;+1. The van der Waals surface area contributed by atoms with Gasteiger partial charge in [-0.2, -0.15) is 0 Å². The number of methoxy groups -OCH3 is 1. The van der Waals surface area contributed by atoms with Crippen molar-refractivity contribution in [2.45, 2.75) is 44.0 Å². The molecule has 192 valence electrons. The number of halogens is 2. The summed E-state index contributed by atoms with van der Waals surface area (Å²) < 4.78 is 32.3. The van der Waals surface area contributed by atoms with E-state index in [-0.39, 0.29) is 68.0 Å². The maximum atomic E-state index is 13.4. The molecule has 6 nitrogen and oxygen atoms in total. The number of thioether (sulfide) groups is 1. The predicted octanol–water partition coefficient (Wildman–Crippen LogP) is 2.51. The maximum absolute atomic E-state index is 13.4. The molecule has 1 saturated heterocycles. The van der Waals surface area contributed by atoms with E-state index in [4.69, 9.17) is 10.1 Å². The number of benzene rings is 1. The van der Waals surface area contributed by atoms with Crippen LogP contribution in [0.4, 0.5) is 14.5 Å². The first kappa shape index (κ1) is 32.0. The van der Waals surface area contributed by atoms with Crippen LogP contribution in [0.5, 0.6) is 5.75 Å². The average molecular weight is 552 g/mol. The second-order valence-electron chi connectivity index (χ2n) is 8.23. The largest absolute Gasteiger partial charge is 1.00 e. The zero-order chi connectivity index (χ0) is 26.1. The number of ether oxygens (including phenoxy) is 1. The Balaban J connectivity index is 0.00000157. The van der Waals surface area contributed by atoms with E-state index in [1.807, 2.05) is 51.0 Å². The number of aromatic nitrogens is 1. The molecular formula is C27H32F2KN5OS. The number of hydrogen-bond donors (Lipinski definition) is 2. The molecule has 10 heteroatoms. The van der Waals surface area contributed by atoms with Crippen molar-refractivity contribution in [3.63, 3.8) is 0 Å². The summed E-state index contributed by atoms with van der Waals surface area (Å²) in [5, 5.41) is 4.77. The summed E-state index contributed by atoms with van der Waals surface area (Å²) in [6.07, 6.45) is 0.967. The Bertz CT molecular complexity index is 1150. The summed E-state index contributed by atoms with van der Waals surface area (Å²) in [6, 6.07) is 6.94. The van der Waals surface area contributed by atoms with Crippen LogP contribution in [0.15, 0.2) is 30.5 Å². The molecule has 2 aliphatic rings. The van der Waals surface area contributed by atoms with Gasteiger partial charge in [0.1, 0.15) is 16.8 Å². The normalized spacial score (nSPS) is 18.0. The fraction of sp³-hybridized carbons (Fsp3) is 0.444. The van der Waals surface area contributed by atoms with Crippen LogP contribution in [0.3, 0.4) is 0 Å². The molecule has 0 spiro atoms. The van der Waals surface area contributed by atoms with Gasteiger partial charge in [-0.25, -0.2) is 14.2 Å². The summed E-state index contributed by atoms with van der Waals surface area (Å²) in [6.45, 7) is 4.60. The Hall–Kier alpha value is -1.18. The molecule has 0 amide bonds. The van der Waals surface area contributed by atoms with E-state index < -0.39 is 6.43 Å². The van der Waals surface area contributed by atoms with Gasteiger partial charge in [-0.05, 0) is 56.2 Å². The molecule has 1 aliphatic carbocycles.